The van der Waals surface area contributed by atoms with Gasteiger partial charge in [-0.2, -0.15) is 0 Å². The molecule has 0 radical (unpaired) electrons. The number of urea groups is 1. The monoisotopic (exact) mass is 243 g/mol. The molecule has 0 aromatic carbocycles. The third kappa shape index (κ3) is 5.89. The van der Waals surface area contributed by atoms with Gasteiger partial charge in [0.25, 0.3) is 0 Å². The van der Waals surface area contributed by atoms with Crippen LogP contribution in [0.15, 0.2) is 0 Å². The Morgan fingerprint density at radius 1 is 1.59 bits per heavy atom. The van der Waals surface area contributed by atoms with Crippen molar-refractivity contribution < 1.29 is 9.90 Å². The first-order valence-electron chi connectivity index (χ1n) is 6.49. The van der Waals surface area contributed by atoms with Gasteiger partial charge in [0.1, 0.15) is 0 Å². The summed E-state index contributed by atoms with van der Waals surface area (Å²) in [6.45, 7) is 7.73. The third-order valence-corrected chi connectivity index (χ3v) is 3.05. The first kappa shape index (κ1) is 14.3. The van der Waals surface area contributed by atoms with E-state index in [1.807, 2.05) is 6.92 Å². The summed E-state index contributed by atoms with van der Waals surface area (Å²) in [6.07, 6.45) is 2.57. The Morgan fingerprint density at radius 2 is 2.35 bits per heavy atom. The van der Waals surface area contributed by atoms with Gasteiger partial charge < -0.3 is 20.6 Å². The Labute approximate surface area is 104 Å². The van der Waals surface area contributed by atoms with Gasteiger partial charge >= 0.3 is 6.03 Å². The number of rotatable bonds is 5. The van der Waals surface area contributed by atoms with Crippen molar-refractivity contribution in [2.45, 2.75) is 32.7 Å². The lowest BCUT2D eigenvalue weighted by atomic mass is 10.00. The molecule has 2 amide bonds. The summed E-state index contributed by atoms with van der Waals surface area (Å²) in [7, 11) is 0. The van der Waals surface area contributed by atoms with E-state index in [1.54, 1.807) is 0 Å². The molecule has 0 aromatic heterocycles. The number of likely N-dealkylation sites (tertiary alicyclic amines) is 1. The van der Waals surface area contributed by atoms with Crippen molar-refractivity contribution in [2.75, 3.05) is 32.8 Å². The van der Waals surface area contributed by atoms with Crippen LogP contribution >= 0.6 is 0 Å². The summed E-state index contributed by atoms with van der Waals surface area (Å²) >= 11 is 0. The number of nitrogens with one attached hydrogen (secondary N) is 2. The highest BCUT2D eigenvalue weighted by Gasteiger charge is 2.18. The number of carbonyl (C=O) groups is 1. The number of carbonyl (C=O) groups excluding carboxylic acids is 1. The fraction of sp³-hybridized carbons (Fsp3) is 0.917. The smallest absolute Gasteiger partial charge is 0.315 e. The van der Waals surface area contributed by atoms with E-state index in [4.69, 9.17) is 5.11 Å². The average molecular weight is 243 g/mol. The SMILES string of the molecule is CC1CCCN(CC(C)NC(=O)NCCO)C1. The molecule has 1 aliphatic rings. The number of hydrogen-bond donors (Lipinski definition) is 3. The van der Waals surface area contributed by atoms with Crippen LogP contribution < -0.4 is 10.6 Å². The van der Waals surface area contributed by atoms with Crippen LogP contribution in [-0.2, 0) is 0 Å². The molecule has 0 aromatic rings. The molecule has 1 rings (SSSR count). The molecule has 17 heavy (non-hydrogen) atoms. The Bertz CT molecular complexity index is 236. The lowest BCUT2D eigenvalue weighted by Crippen LogP contribution is -2.48. The van der Waals surface area contributed by atoms with Gasteiger partial charge in [0.2, 0.25) is 0 Å². The highest BCUT2D eigenvalue weighted by Crippen LogP contribution is 2.15. The van der Waals surface area contributed by atoms with Gasteiger partial charge in [-0.1, -0.05) is 6.92 Å². The number of nitrogens with zero attached hydrogens (tertiary/aromatic N) is 1. The fourth-order valence-electron chi connectivity index (χ4n) is 2.33. The van der Waals surface area contributed by atoms with E-state index < -0.39 is 0 Å². The predicted octanol–water partition coefficient (Wildman–Crippen LogP) is 0.398. The van der Waals surface area contributed by atoms with Gasteiger partial charge in [-0.25, -0.2) is 4.79 Å². The molecule has 1 saturated heterocycles. The van der Waals surface area contributed by atoms with Gasteiger partial charge in [-0.05, 0) is 32.2 Å². The quantitative estimate of drug-likeness (QED) is 0.655. The highest BCUT2D eigenvalue weighted by molar-refractivity contribution is 5.74. The molecule has 3 N–H and O–H groups in total. The molecule has 0 bridgehead atoms. The molecular formula is C12H25N3O2. The summed E-state index contributed by atoms with van der Waals surface area (Å²) in [5.41, 5.74) is 0. The minimum absolute atomic E-state index is 0.0224. The molecule has 0 spiro atoms. The van der Waals surface area contributed by atoms with Crippen LogP contribution in [0.4, 0.5) is 4.79 Å². The molecule has 1 heterocycles. The average Bonchev–Trinajstić information content (AvgIpc) is 2.26. The lowest BCUT2D eigenvalue weighted by molar-refractivity contribution is 0.169. The van der Waals surface area contributed by atoms with Gasteiger partial charge in [-0.15, -0.1) is 0 Å². The first-order chi connectivity index (χ1) is 8.11. The Balaban J connectivity index is 2.19. The van der Waals surface area contributed by atoms with E-state index in [2.05, 4.69) is 22.5 Å². The summed E-state index contributed by atoms with van der Waals surface area (Å²) in [4.78, 5) is 13.8. The number of hydrogen-bond acceptors (Lipinski definition) is 3. The van der Waals surface area contributed by atoms with Crippen LogP contribution in [0.25, 0.3) is 0 Å². The molecule has 1 aliphatic heterocycles. The summed E-state index contributed by atoms with van der Waals surface area (Å²) in [5, 5.41) is 14.1. The van der Waals surface area contributed by atoms with Crippen molar-refractivity contribution in [3.05, 3.63) is 0 Å². The number of aliphatic hydroxyl groups excluding tert-OH is 1. The molecule has 5 heteroatoms. The topological polar surface area (TPSA) is 64.6 Å². The van der Waals surface area contributed by atoms with E-state index in [-0.39, 0.29) is 18.7 Å². The Morgan fingerprint density at radius 3 is 3.00 bits per heavy atom. The zero-order valence-corrected chi connectivity index (χ0v) is 10.9. The van der Waals surface area contributed by atoms with Crippen molar-refractivity contribution in [1.82, 2.24) is 15.5 Å². The van der Waals surface area contributed by atoms with Crippen LogP contribution in [0.2, 0.25) is 0 Å². The van der Waals surface area contributed by atoms with E-state index >= 15 is 0 Å². The molecule has 1 fully saturated rings. The minimum atomic E-state index is -0.198. The van der Waals surface area contributed by atoms with Gasteiger partial charge in [0, 0.05) is 25.7 Å². The fourth-order valence-corrected chi connectivity index (χ4v) is 2.33. The van der Waals surface area contributed by atoms with E-state index in [9.17, 15) is 4.79 Å². The molecule has 2 unspecified atom stereocenters. The number of aliphatic hydroxyl groups is 1. The van der Waals surface area contributed by atoms with E-state index in [0.717, 1.165) is 25.6 Å². The van der Waals surface area contributed by atoms with Crippen LogP contribution in [0, 0.1) is 5.92 Å². The third-order valence-electron chi connectivity index (χ3n) is 3.05. The molecule has 100 valence electrons. The van der Waals surface area contributed by atoms with Crippen LogP contribution in [0.3, 0.4) is 0 Å². The second-order valence-electron chi connectivity index (χ2n) is 5.03. The number of piperidine rings is 1. The molecule has 2 atom stereocenters. The predicted molar refractivity (Wildman–Crippen MR) is 67.9 cm³/mol. The van der Waals surface area contributed by atoms with Crippen molar-refractivity contribution >= 4 is 6.03 Å². The van der Waals surface area contributed by atoms with Crippen molar-refractivity contribution in [1.29, 1.82) is 0 Å². The standard InChI is InChI=1S/C12H25N3O2/c1-10-4-3-6-15(8-10)9-11(2)14-12(17)13-5-7-16/h10-11,16H,3-9H2,1-2H3,(H2,13,14,17). The normalized spacial score (nSPS) is 23.1. The zero-order valence-electron chi connectivity index (χ0n) is 10.9. The molecular weight excluding hydrogens is 218 g/mol. The van der Waals surface area contributed by atoms with E-state index in [0.29, 0.717) is 6.54 Å². The molecule has 0 saturated carbocycles. The second-order valence-corrected chi connectivity index (χ2v) is 5.03. The van der Waals surface area contributed by atoms with Crippen molar-refractivity contribution in [2.24, 2.45) is 5.92 Å². The maximum Gasteiger partial charge on any atom is 0.315 e. The highest BCUT2D eigenvalue weighted by atomic mass is 16.3. The van der Waals surface area contributed by atoms with Crippen LogP contribution in [0.1, 0.15) is 26.7 Å². The maximum absolute atomic E-state index is 11.4. The summed E-state index contributed by atoms with van der Waals surface area (Å²) < 4.78 is 0. The molecule has 5 nitrogen and oxygen atoms in total. The van der Waals surface area contributed by atoms with Crippen molar-refractivity contribution in [3.8, 4) is 0 Å². The zero-order chi connectivity index (χ0) is 12.7. The summed E-state index contributed by atoms with van der Waals surface area (Å²) in [6, 6.07) is -0.0596. The van der Waals surface area contributed by atoms with Crippen LogP contribution in [0.5, 0.6) is 0 Å². The summed E-state index contributed by atoms with van der Waals surface area (Å²) in [5.74, 6) is 0.763. The molecule has 0 aliphatic carbocycles. The van der Waals surface area contributed by atoms with Gasteiger partial charge in [-0.3, -0.25) is 0 Å². The minimum Gasteiger partial charge on any atom is -0.395 e. The van der Waals surface area contributed by atoms with Gasteiger partial charge in [0.15, 0.2) is 0 Å². The Hall–Kier alpha value is -0.810. The lowest BCUT2D eigenvalue weighted by Gasteiger charge is -2.32. The second kappa shape index (κ2) is 7.50. The first-order valence-corrected chi connectivity index (χ1v) is 6.49. The van der Waals surface area contributed by atoms with Gasteiger partial charge in [0.05, 0.1) is 6.61 Å². The maximum atomic E-state index is 11.4. The number of amides is 2. The Kier molecular flexibility index (Phi) is 6.29. The van der Waals surface area contributed by atoms with Crippen molar-refractivity contribution in [3.63, 3.8) is 0 Å². The van der Waals surface area contributed by atoms with Crippen LogP contribution in [-0.4, -0.2) is 54.9 Å². The largest absolute Gasteiger partial charge is 0.395 e. The van der Waals surface area contributed by atoms with E-state index in [1.165, 1.54) is 12.8 Å².